The summed E-state index contributed by atoms with van der Waals surface area (Å²) in [6.45, 7) is 9.35. The van der Waals surface area contributed by atoms with Crippen molar-refractivity contribution in [2.24, 2.45) is 0 Å². The minimum atomic E-state index is -0.0614. The molecular weight excluding hydrogens is 593 g/mol. The van der Waals surface area contributed by atoms with Crippen LogP contribution in [0.25, 0.3) is 0 Å². The van der Waals surface area contributed by atoms with Crippen LogP contribution in [0.3, 0.4) is 0 Å². The van der Waals surface area contributed by atoms with E-state index in [0.29, 0.717) is 5.92 Å². The van der Waals surface area contributed by atoms with Gasteiger partial charge in [0.2, 0.25) is 0 Å². The quantitative estimate of drug-likeness (QED) is 0.0737. The van der Waals surface area contributed by atoms with Gasteiger partial charge in [-0.2, -0.15) is 0 Å². The molecule has 2 nitrogen and oxygen atoms in total. The molecule has 0 N–H and O–H groups in total. The highest BCUT2D eigenvalue weighted by atomic mass is 15.4. The molecule has 2 aromatic rings. The number of hydrogen-bond acceptors (Lipinski definition) is 2. The average Bonchev–Trinajstić information content (AvgIpc) is 3.46. The summed E-state index contributed by atoms with van der Waals surface area (Å²) >= 11 is 0. The summed E-state index contributed by atoms with van der Waals surface area (Å²) in [6.07, 6.45) is 40.9. The van der Waals surface area contributed by atoms with Gasteiger partial charge < -0.3 is 9.80 Å². The van der Waals surface area contributed by atoms with Gasteiger partial charge in [-0.05, 0) is 30.4 Å². The smallest absolute Gasteiger partial charge is 0.123 e. The van der Waals surface area contributed by atoms with Crippen molar-refractivity contribution in [2.75, 3.05) is 13.1 Å². The van der Waals surface area contributed by atoms with E-state index in [2.05, 4.69) is 104 Å². The molecule has 0 aliphatic carbocycles. The van der Waals surface area contributed by atoms with E-state index in [1.165, 1.54) is 165 Å². The first-order valence-electron chi connectivity index (χ1n) is 21.6. The van der Waals surface area contributed by atoms with Crippen LogP contribution in [0.4, 0.5) is 0 Å². The summed E-state index contributed by atoms with van der Waals surface area (Å²) in [5.41, 5.74) is 2.88. The molecular formula is C47H78N2. The van der Waals surface area contributed by atoms with Gasteiger partial charge in [0.15, 0.2) is 0 Å². The Kier molecular flexibility index (Phi) is 22.3. The van der Waals surface area contributed by atoms with Crippen LogP contribution < -0.4 is 0 Å². The van der Waals surface area contributed by atoms with Crippen molar-refractivity contribution in [3.05, 3.63) is 84.2 Å². The van der Waals surface area contributed by atoms with Gasteiger partial charge in [0.1, 0.15) is 5.66 Å². The minimum absolute atomic E-state index is 0.0614. The Bertz CT molecular complexity index is 1050. The van der Waals surface area contributed by atoms with Crippen LogP contribution in [0.2, 0.25) is 0 Å². The maximum absolute atomic E-state index is 2.79. The Morgan fingerprint density at radius 1 is 0.429 bits per heavy atom. The molecule has 3 rings (SSSR count). The SMILES string of the molecule is CCCCCCCCCCCCCCCCCCN1C=CN(CCCCCCCCCC)C1(Cc1ccccc1)C(CC)c1ccccc1. The largest absolute Gasteiger partial charge is 0.353 e. The van der Waals surface area contributed by atoms with Crippen molar-refractivity contribution in [1.29, 1.82) is 0 Å². The van der Waals surface area contributed by atoms with E-state index in [4.69, 9.17) is 0 Å². The zero-order valence-electron chi connectivity index (χ0n) is 32.7. The first kappa shape index (κ1) is 41.2. The molecule has 0 bridgehead atoms. The fourth-order valence-corrected chi connectivity index (χ4v) is 8.50. The molecule has 1 heterocycles. The van der Waals surface area contributed by atoms with Gasteiger partial charge in [-0.25, -0.2) is 0 Å². The standard InChI is InChI=1S/C47H78N2/c1-4-7-9-11-13-15-16-17-18-19-20-21-22-24-26-34-40-49-42-41-48(39-33-25-23-14-12-10-8-5-2)47(49,43-44-35-29-27-30-36-44)46(6-3)45-37-31-28-32-38-45/h27-32,35-38,41-42,46H,4-26,33-34,39-40,43H2,1-3H3. The maximum Gasteiger partial charge on any atom is 0.123 e. The van der Waals surface area contributed by atoms with Crippen molar-refractivity contribution >= 4 is 0 Å². The van der Waals surface area contributed by atoms with E-state index < -0.39 is 0 Å². The average molecular weight is 671 g/mol. The third kappa shape index (κ3) is 15.3. The molecule has 2 heteroatoms. The number of rotatable bonds is 31. The number of nitrogens with zero attached hydrogens (tertiary/aromatic N) is 2. The van der Waals surface area contributed by atoms with E-state index in [-0.39, 0.29) is 5.66 Å². The summed E-state index contributed by atoms with van der Waals surface area (Å²) in [5.74, 6) is 0.444. The van der Waals surface area contributed by atoms with Gasteiger partial charge in [-0.15, -0.1) is 0 Å². The van der Waals surface area contributed by atoms with Crippen LogP contribution in [0.5, 0.6) is 0 Å². The van der Waals surface area contributed by atoms with Crippen LogP contribution in [-0.4, -0.2) is 28.6 Å². The fourth-order valence-electron chi connectivity index (χ4n) is 8.50. The molecule has 0 amide bonds. The first-order valence-corrected chi connectivity index (χ1v) is 21.6. The molecule has 1 aliphatic rings. The Labute approximate surface area is 305 Å². The second kappa shape index (κ2) is 26.6. The van der Waals surface area contributed by atoms with Crippen LogP contribution >= 0.6 is 0 Å². The molecule has 0 spiro atoms. The molecule has 2 atom stereocenters. The molecule has 2 unspecified atom stereocenters. The Morgan fingerprint density at radius 2 is 0.776 bits per heavy atom. The van der Waals surface area contributed by atoms with E-state index in [1.54, 1.807) is 0 Å². The molecule has 276 valence electrons. The molecule has 0 saturated heterocycles. The Balaban J connectivity index is 1.53. The lowest BCUT2D eigenvalue weighted by atomic mass is 9.78. The third-order valence-corrected chi connectivity index (χ3v) is 11.4. The summed E-state index contributed by atoms with van der Waals surface area (Å²) in [4.78, 5) is 5.57. The lowest BCUT2D eigenvalue weighted by Crippen LogP contribution is -2.59. The lowest BCUT2D eigenvalue weighted by Gasteiger charge is -2.51. The summed E-state index contributed by atoms with van der Waals surface area (Å²) in [6, 6.07) is 22.8. The van der Waals surface area contributed by atoms with Gasteiger partial charge >= 0.3 is 0 Å². The van der Waals surface area contributed by atoms with Gasteiger partial charge in [0.05, 0.1) is 0 Å². The van der Waals surface area contributed by atoms with Crippen LogP contribution in [0, 0.1) is 0 Å². The first-order chi connectivity index (χ1) is 24.3. The molecule has 1 aliphatic heterocycles. The van der Waals surface area contributed by atoms with Crippen molar-refractivity contribution in [3.8, 4) is 0 Å². The van der Waals surface area contributed by atoms with Gasteiger partial charge in [0, 0.05) is 37.8 Å². The van der Waals surface area contributed by atoms with Crippen LogP contribution in [0.15, 0.2) is 73.1 Å². The van der Waals surface area contributed by atoms with Crippen molar-refractivity contribution < 1.29 is 0 Å². The van der Waals surface area contributed by atoms with Gasteiger partial charge in [0.25, 0.3) is 0 Å². The summed E-state index contributed by atoms with van der Waals surface area (Å²) < 4.78 is 0. The lowest BCUT2D eigenvalue weighted by molar-refractivity contribution is -0.00378. The number of hydrogen-bond donors (Lipinski definition) is 0. The summed E-state index contributed by atoms with van der Waals surface area (Å²) in [7, 11) is 0. The number of benzene rings is 2. The predicted molar refractivity (Wildman–Crippen MR) is 217 cm³/mol. The third-order valence-electron chi connectivity index (χ3n) is 11.4. The van der Waals surface area contributed by atoms with Crippen LogP contribution in [0.1, 0.15) is 198 Å². The normalized spacial score (nSPS) is 16.6. The Hall–Kier alpha value is -2.22. The van der Waals surface area contributed by atoms with E-state index in [0.717, 1.165) is 25.9 Å². The van der Waals surface area contributed by atoms with Gasteiger partial charge in [-0.3, -0.25) is 0 Å². The summed E-state index contributed by atoms with van der Waals surface area (Å²) in [5, 5.41) is 0. The molecule has 2 aromatic carbocycles. The molecule has 49 heavy (non-hydrogen) atoms. The highest BCUT2D eigenvalue weighted by molar-refractivity contribution is 5.30. The second-order valence-corrected chi connectivity index (χ2v) is 15.4. The molecule has 0 aromatic heterocycles. The molecule has 0 fully saturated rings. The van der Waals surface area contributed by atoms with Crippen molar-refractivity contribution in [3.63, 3.8) is 0 Å². The molecule has 0 radical (unpaired) electrons. The maximum atomic E-state index is 2.79. The van der Waals surface area contributed by atoms with Crippen molar-refractivity contribution in [2.45, 2.75) is 199 Å². The zero-order chi connectivity index (χ0) is 34.7. The highest BCUT2D eigenvalue weighted by Gasteiger charge is 2.49. The Morgan fingerprint density at radius 3 is 1.14 bits per heavy atom. The minimum Gasteiger partial charge on any atom is -0.353 e. The highest BCUT2D eigenvalue weighted by Crippen LogP contribution is 2.45. The predicted octanol–water partition coefficient (Wildman–Crippen LogP) is 14.6. The monoisotopic (exact) mass is 671 g/mol. The van der Waals surface area contributed by atoms with Crippen LogP contribution in [-0.2, 0) is 6.42 Å². The van der Waals surface area contributed by atoms with E-state index in [9.17, 15) is 0 Å². The van der Waals surface area contributed by atoms with Crippen molar-refractivity contribution in [1.82, 2.24) is 9.80 Å². The topological polar surface area (TPSA) is 6.48 Å². The van der Waals surface area contributed by atoms with E-state index in [1.807, 2.05) is 0 Å². The van der Waals surface area contributed by atoms with Gasteiger partial charge in [-0.1, -0.05) is 223 Å². The zero-order valence-corrected chi connectivity index (χ0v) is 32.7. The fraction of sp³-hybridized carbons (Fsp3) is 0.702. The molecule has 0 saturated carbocycles. The van der Waals surface area contributed by atoms with E-state index >= 15 is 0 Å². The second-order valence-electron chi connectivity index (χ2n) is 15.4. The number of unbranched alkanes of at least 4 members (excludes halogenated alkanes) is 22.